The SMILES string of the molecule is CCNC(Cc1cc(Br)ccc1F)C1CCCC1C. The third kappa shape index (κ3) is 3.79. The lowest BCUT2D eigenvalue weighted by molar-refractivity contribution is 0.296. The maximum atomic E-state index is 13.9. The number of rotatable bonds is 5. The molecule has 0 bridgehead atoms. The molecule has 1 aliphatic rings. The quantitative estimate of drug-likeness (QED) is 0.836. The van der Waals surface area contributed by atoms with E-state index in [0.29, 0.717) is 12.0 Å². The van der Waals surface area contributed by atoms with Crippen LogP contribution in [0.1, 0.15) is 38.7 Å². The zero-order valence-corrected chi connectivity index (χ0v) is 13.3. The Bertz CT molecular complexity index is 421. The highest BCUT2D eigenvalue weighted by Crippen LogP contribution is 2.35. The van der Waals surface area contributed by atoms with Gasteiger partial charge in [0, 0.05) is 10.5 Å². The zero-order chi connectivity index (χ0) is 13.8. The van der Waals surface area contributed by atoms with E-state index in [1.165, 1.54) is 19.3 Å². The molecule has 0 radical (unpaired) electrons. The summed E-state index contributed by atoms with van der Waals surface area (Å²) in [7, 11) is 0. The Balaban J connectivity index is 2.13. The summed E-state index contributed by atoms with van der Waals surface area (Å²) >= 11 is 3.43. The van der Waals surface area contributed by atoms with Crippen molar-refractivity contribution in [1.29, 1.82) is 0 Å². The second kappa shape index (κ2) is 6.85. The molecule has 1 N–H and O–H groups in total. The van der Waals surface area contributed by atoms with Crippen molar-refractivity contribution < 1.29 is 4.39 Å². The Morgan fingerprint density at radius 3 is 2.84 bits per heavy atom. The average molecular weight is 328 g/mol. The molecule has 106 valence electrons. The standard InChI is InChI=1S/C16H23BrFN/c1-3-19-16(14-6-4-5-11(14)2)10-12-9-13(17)7-8-15(12)18/h7-9,11,14,16,19H,3-6,10H2,1-2H3. The highest BCUT2D eigenvalue weighted by molar-refractivity contribution is 9.10. The molecule has 2 rings (SSSR count). The minimum atomic E-state index is -0.0863. The van der Waals surface area contributed by atoms with Crippen molar-refractivity contribution >= 4 is 15.9 Å². The summed E-state index contributed by atoms with van der Waals surface area (Å²) in [6.45, 7) is 5.41. The lowest BCUT2D eigenvalue weighted by Gasteiger charge is -2.28. The van der Waals surface area contributed by atoms with Crippen molar-refractivity contribution in [3.63, 3.8) is 0 Å². The molecule has 0 heterocycles. The third-order valence-corrected chi connectivity index (χ3v) is 4.85. The second-order valence-electron chi connectivity index (χ2n) is 5.68. The van der Waals surface area contributed by atoms with E-state index in [1.54, 1.807) is 12.1 Å². The van der Waals surface area contributed by atoms with Crippen LogP contribution in [0.3, 0.4) is 0 Å². The summed E-state index contributed by atoms with van der Waals surface area (Å²) in [5, 5.41) is 3.57. The minimum Gasteiger partial charge on any atom is -0.314 e. The van der Waals surface area contributed by atoms with Crippen molar-refractivity contribution in [1.82, 2.24) is 5.32 Å². The van der Waals surface area contributed by atoms with Crippen LogP contribution >= 0.6 is 15.9 Å². The molecule has 0 aromatic heterocycles. The predicted octanol–water partition coefficient (Wildman–Crippen LogP) is 4.55. The van der Waals surface area contributed by atoms with Gasteiger partial charge in [-0.1, -0.05) is 42.6 Å². The van der Waals surface area contributed by atoms with E-state index in [2.05, 4.69) is 35.1 Å². The molecule has 1 nitrogen and oxygen atoms in total. The summed E-state index contributed by atoms with van der Waals surface area (Å²) in [4.78, 5) is 0. The summed E-state index contributed by atoms with van der Waals surface area (Å²) in [5.41, 5.74) is 0.819. The molecule has 1 aromatic carbocycles. The van der Waals surface area contributed by atoms with Gasteiger partial charge in [0.1, 0.15) is 5.82 Å². The number of likely N-dealkylation sites (N-methyl/N-ethyl adjacent to an activating group) is 1. The van der Waals surface area contributed by atoms with Crippen LogP contribution in [-0.2, 0) is 6.42 Å². The van der Waals surface area contributed by atoms with Crippen LogP contribution < -0.4 is 5.32 Å². The van der Waals surface area contributed by atoms with Crippen LogP contribution in [0, 0.1) is 17.7 Å². The van der Waals surface area contributed by atoms with Crippen LogP contribution in [-0.4, -0.2) is 12.6 Å². The number of hydrogen-bond acceptors (Lipinski definition) is 1. The number of hydrogen-bond donors (Lipinski definition) is 1. The Labute approximate surface area is 124 Å². The molecule has 0 saturated heterocycles. The monoisotopic (exact) mass is 327 g/mol. The van der Waals surface area contributed by atoms with Crippen LogP contribution in [0.25, 0.3) is 0 Å². The van der Waals surface area contributed by atoms with Gasteiger partial charge >= 0.3 is 0 Å². The van der Waals surface area contributed by atoms with Crippen molar-refractivity contribution in [3.8, 4) is 0 Å². The Morgan fingerprint density at radius 1 is 1.42 bits per heavy atom. The Hall–Kier alpha value is -0.410. The summed E-state index contributed by atoms with van der Waals surface area (Å²) in [5.74, 6) is 1.34. The van der Waals surface area contributed by atoms with E-state index in [0.717, 1.165) is 28.9 Å². The molecule has 0 spiro atoms. The number of benzene rings is 1. The van der Waals surface area contributed by atoms with E-state index in [9.17, 15) is 4.39 Å². The first kappa shape index (κ1) is 15.0. The van der Waals surface area contributed by atoms with Gasteiger partial charge in [-0.05, 0) is 55.0 Å². The van der Waals surface area contributed by atoms with Crippen LogP contribution in [0.4, 0.5) is 4.39 Å². The summed E-state index contributed by atoms with van der Waals surface area (Å²) in [6, 6.07) is 5.63. The van der Waals surface area contributed by atoms with Gasteiger partial charge in [-0.2, -0.15) is 0 Å². The lowest BCUT2D eigenvalue weighted by atomic mass is 9.86. The summed E-state index contributed by atoms with van der Waals surface area (Å²) < 4.78 is 14.9. The fraction of sp³-hybridized carbons (Fsp3) is 0.625. The maximum Gasteiger partial charge on any atom is 0.126 e. The van der Waals surface area contributed by atoms with Gasteiger partial charge in [0.05, 0.1) is 0 Å². The van der Waals surface area contributed by atoms with Gasteiger partial charge in [0.25, 0.3) is 0 Å². The first-order valence-electron chi connectivity index (χ1n) is 7.29. The normalized spacial score (nSPS) is 24.6. The molecular weight excluding hydrogens is 305 g/mol. The first-order valence-corrected chi connectivity index (χ1v) is 8.08. The number of halogens is 2. The molecule has 1 aromatic rings. The van der Waals surface area contributed by atoms with Crippen LogP contribution in [0.2, 0.25) is 0 Å². The highest BCUT2D eigenvalue weighted by Gasteiger charge is 2.30. The molecule has 0 amide bonds. The largest absolute Gasteiger partial charge is 0.314 e. The fourth-order valence-electron chi connectivity index (χ4n) is 3.35. The molecule has 1 aliphatic carbocycles. The average Bonchev–Trinajstić information content (AvgIpc) is 2.79. The van der Waals surface area contributed by atoms with Gasteiger partial charge in [0.2, 0.25) is 0 Å². The van der Waals surface area contributed by atoms with Gasteiger partial charge in [-0.25, -0.2) is 4.39 Å². The van der Waals surface area contributed by atoms with E-state index in [-0.39, 0.29) is 5.82 Å². The minimum absolute atomic E-state index is 0.0863. The van der Waals surface area contributed by atoms with Gasteiger partial charge in [-0.3, -0.25) is 0 Å². The van der Waals surface area contributed by atoms with Crippen molar-refractivity contribution in [2.45, 2.75) is 45.6 Å². The third-order valence-electron chi connectivity index (χ3n) is 4.36. The van der Waals surface area contributed by atoms with Crippen LogP contribution in [0.15, 0.2) is 22.7 Å². The van der Waals surface area contributed by atoms with Crippen molar-refractivity contribution in [2.75, 3.05) is 6.54 Å². The maximum absolute atomic E-state index is 13.9. The molecule has 1 fully saturated rings. The summed E-state index contributed by atoms with van der Waals surface area (Å²) in [6.07, 6.45) is 4.69. The van der Waals surface area contributed by atoms with Crippen molar-refractivity contribution in [2.24, 2.45) is 11.8 Å². The van der Waals surface area contributed by atoms with Crippen LogP contribution in [0.5, 0.6) is 0 Å². The van der Waals surface area contributed by atoms with Gasteiger partial charge < -0.3 is 5.32 Å². The highest BCUT2D eigenvalue weighted by atomic mass is 79.9. The first-order chi connectivity index (χ1) is 9.11. The van der Waals surface area contributed by atoms with Gasteiger partial charge in [0.15, 0.2) is 0 Å². The molecule has 1 saturated carbocycles. The lowest BCUT2D eigenvalue weighted by Crippen LogP contribution is -2.39. The second-order valence-corrected chi connectivity index (χ2v) is 6.59. The zero-order valence-electron chi connectivity index (χ0n) is 11.8. The Morgan fingerprint density at radius 2 is 2.21 bits per heavy atom. The smallest absolute Gasteiger partial charge is 0.126 e. The van der Waals surface area contributed by atoms with E-state index in [1.807, 2.05) is 6.07 Å². The number of nitrogens with one attached hydrogen (secondary N) is 1. The topological polar surface area (TPSA) is 12.0 Å². The molecule has 3 heteroatoms. The van der Waals surface area contributed by atoms with E-state index in [4.69, 9.17) is 0 Å². The molecule has 19 heavy (non-hydrogen) atoms. The van der Waals surface area contributed by atoms with E-state index >= 15 is 0 Å². The molecule has 3 unspecified atom stereocenters. The fourth-order valence-corrected chi connectivity index (χ4v) is 3.75. The van der Waals surface area contributed by atoms with Gasteiger partial charge in [-0.15, -0.1) is 0 Å². The molecular formula is C16H23BrFN. The molecule has 3 atom stereocenters. The Kier molecular flexibility index (Phi) is 5.40. The predicted molar refractivity (Wildman–Crippen MR) is 81.8 cm³/mol. The van der Waals surface area contributed by atoms with Crippen molar-refractivity contribution in [3.05, 3.63) is 34.1 Å². The molecule has 0 aliphatic heterocycles. The van der Waals surface area contributed by atoms with E-state index < -0.39 is 0 Å².